The molecule has 0 amide bonds. The summed E-state index contributed by atoms with van der Waals surface area (Å²) in [6, 6.07) is 3.49. The van der Waals surface area contributed by atoms with E-state index in [2.05, 4.69) is 5.32 Å². The zero-order chi connectivity index (χ0) is 11.5. The SMILES string of the molecule is CCNCc1ccc(O)c(C(F)(F)F)c1. The number of alkyl halides is 3. The van der Waals surface area contributed by atoms with Crippen LogP contribution in [0.1, 0.15) is 18.1 Å². The van der Waals surface area contributed by atoms with E-state index in [1.54, 1.807) is 0 Å². The van der Waals surface area contributed by atoms with E-state index < -0.39 is 17.5 Å². The van der Waals surface area contributed by atoms with Gasteiger partial charge in [-0.15, -0.1) is 0 Å². The van der Waals surface area contributed by atoms with Crippen molar-refractivity contribution in [3.8, 4) is 5.75 Å². The molecule has 2 N–H and O–H groups in total. The van der Waals surface area contributed by atoms with Crippen LogP contribution in [-0.2, 0) is 12.7 Å². The minimum Gasteiger partial charge on any atom is -0.507 e. The number of phenols is 1. The molecule has 0 aliphatic carbocycles. The lowest BCUT2D eigenvalue weighted by molar-refractivity contribution is -0.138. The molecule has 0 spiro atoms. The predicted molar refractivity (Wildman–Crippen MR) is 50.5 cm³/mol. The molecule has 1 rings (SSSR count). The van der Waals surface area contributed by atoms with E-state index in [0.717, 1.165) is 12.1 Å². The number of halogens is 3. The Hall–Kier alpha value is -1.23. The van der Waals surface area contributed by atoms with Gasteiger partial charge in [-0.1, -0.05) is 13.0 Å². The van der Waals surface area contributed by atoms with Crippen molar-refractivity contribution in [3.63, 3.8) is 0 Å². The van der Waals surface area contributed by atoms with Gasteiger partial charge >= 0.3 is 6.18 Å². The molecule has 2 nitrogen and oxygen atoms in total. The minimum atomic E-state index is -4.51. The highest BCUT2D eigenvalue weighted by molar-refractivity contribution is 5.38. The van der Waals surface area contributed by atoms with Crippen molar-refractivity contribution in [1.29, 1.82) is 0 Å². The minimum absolute atomic E-state index is 0.361. The number of benzene rings is 1. The fraction of sp³-hybridized carbons (Fsp3) is 0.400. The molecule has 84 valence electrons. The third kappa shape index (κ3) is 3.13. The van der Waals surface area contributed by atoms with E-state index in [-0.39, 0.29) is 0 Å². The van der Waals surface area contributed by atoms with Crippen LogP contribution in [0.5, 0.6) is 5.75 Å². The summed E-state index contributed by atoms with van der Waals surface area (Å²) in [5.74, 6) is -0.734. The van der Waals surface area contributed by atoms with Crippen molar-refractivity contribution < 1.29 is 18.3 Å². The summed E-state index contributed by atoms with van der Waals surface area (Å²) in [6.07, 6.45) is -4.51. The summed E-state index contributed by atoms with van der Waals surface area (Å²) >= 11 is 0. The zero-order valence-electron chi connectivity index (χ0n) is 8.23. The van der Waals surface area contributed by atoms with Gasteiger partial charge in [-0.25, -0.2) is 0 Å². The average Bonchev–Trinajstić information content (AvgIpc) is 2.15. The highest BCUT2D eigenvalue weighted by Gasteiger charge is 2.33. The summed E-state index contributed by atoms with van der Waals surface area (Å²) in [5, 5.41) is 12.0. The normalized spacial score (nSPS) is 11.7. The van der Waals surface area contributed by atoms with E-state index in [1.807, 2.05) is 6.92 Å². The maximum absolute atomic E-state index is 12.4. The number of phenolic OH excluding ortho intramolecular Hbond substituents is 1. The third-order valence-electron chi connectivity index (χ3n) is 1.95. The molecule has 0 heterocycles. The molecule has 0 aliphatic heterocycles. The van der Waals surface area contributed by atoms with Crippen LogP contribution in [0, 0.1) is 0 Å². The lowest BCUT2D eigenvalue weighted by Gasteiger charge is -2.10. The number of nitrogens with one attached hydrogen (secondary N) is 1. The molecule has 0 aliphatic rings. The molecule has 0 saturated carbocycles. The van der Waals surface area contributed by atoms with Crippen LogP contribution < -0.4 is 5.32 Å². The van der Waals surface area contributed by atoms with Gasteiger partial charge in [0.15, 0.2) is 0 Å². The van der Waals surface area contributed by atoms with Crippen molar-refractivity contribution in [2.24, 2.45) is 0 Å². The Bertz CT molecular complexity index is 336. The average molecular weight is 219 g/mol. The van der Waals surface area contributed by atoms with E-state index >= 15 is 0 Å². The molecule has 0 fully saturated rings. The van der Waals surface area contributed by atoms with Crippen molar-refractivity contribution >= 4 is 0 Å². The molecular formula is C10H12F3NO. The van der Waals surface area contributed by atoms with Gasteiger partial charge in [-0.05, 0) is 24.2 Å². The van der Waals surface area contributed by atoms with Crippen LogP contribution in [0.4, 0.5) is 13.2 Å². The Kier molecular flexibility index (Phi) is 3.57. The maximum atomic E-state index is 12.4. The van der Waals surface area contributed by atoms with Crippen LogP contribution in [0.15, 0.2) is 18.2 Å². The molecule has 15 heavy (non-hydrogen) atoms. The standard InChI is InChI=1S/C10H12F3NO/c1-2-14-6-7-3-4-9(15)8(5-7)10(11,12)13/h3-5,14-15H,2,6H2,1H3. The molecule has 0 atom stereocenters. The monoisotopic (exact) mass is 219 g/mol. The second-order valence-electron chi connectivity index (χ2n) is 3.13. The summed E-state index contributed by atoms with van der Waals surface area (Å²) in [7, 11) is 0. The summed E-state index contributed by atoms with van der Waals surface area (Å²) in [4.78, 5) is 0. The Labute approximate surface area is 85.7 Å². The highest BCUT2D eigenvalue weighted by atomic mass is 19.4. The molecule has 0 bridgehead atoms. The fourth-order valence-electron chi connectivity index (χ4n) is 1.19. The zero-order valence-corrected chi connectivity index (χ0v) is 8.23. The van der Waals surface area contributed by atoms with Crippen molar-refractivity contribution in [3.05, 3.63) is 29.3 Å². The predicted octanol–water partition coefficient (Wildman–Crippen LogP) is 2.52. The first-order chi connectivity index (χ1) is 6.95. The molecule has 0 saturated heterocycles. The molecular weight excluding hydrogens is 207 g/mol. The Balaban J connectivity index is 2.95. The molecule has 5 heteroatoms. The van der Waals surface area contributed by atoms with Gasteiger partial charge in [0.1, 0.15) is 5.75 Å². The lowest BCUT2D eigenvalue weighted by Crippen LogP contribution is -2.13. The van der Waals surface area contributed by atoms with Crippen LogP contribution in [0.3, 0.4) is 0 Å². The van der Waals surface area contributed by atoms with Gasteiger partial charge in [0.05, 0.1) is 5.56 Å². The van der Waals surface area contributed by atoms with E-state index in [1.165, 1.54) is 6.07 Å². The Morgan fingerprint density at radius 3 is 2.53 bits per heavy atom. The van der Waals surface area contributed by atoms with Gasteiger partial charge in [-0.3, -0.25) is 0 Å². The van der Waals surface area contributed by atoms with E-state index in [4.69, 9.17) is 5.11 Å². The topological polar surface area (TPSA) is 32.3 Å². The largest absolute Gasteiger partial charge is 0.507 e. The number of rotatable bonds is 3. The van der Waals surface area contributed by atoms with Gasteiger partial charge in [0.25, 0.3) is 0 Å². The molecule has 0 aromatic heterocycles. The summed E-state index contributed by atoms with van der Waals surface area (Å²) in [6.45, 7) is 2.91. The van der Waals surface area contributed by atoms with Crippen LogP contribution in [-0.4, -0.2) is 11.7 Å². The van der Waals surface area contributed by atoms with Crippen LogP contribution >= 0.6 is 0 Å². The third-order valence-corrected chi connectivity index (χ3v) is 1.95. The first kappa shape index (κ1) is 11.8. The van der Waals surface area contributed by atoms with Crippen molar-refractivity contribution in [2.45, 2.75) is 19.6 Å². The van der Waals surface area contributed by atoms with Crippen LogP contribution in [0.25, 0.3) is 0 Å². The molecule has 0 radical (unpaired) electrons. The smallest absolute Gasteiger partial charge is 0.419 e. The highest BCUT2D eigenvalue weighted by Crippen LogP contribution is 2.35. The van der Waals surface area contributed by atoms with Gasteiger partial charge in [0.2, 0.25) is 0 Å². The number of hydrogen-bond acceptors (Lipinski definition) is 2. The Morgan fingerprint density at radius 1 is 1.33 bits per heavy atom. The number of aromatic hydroxyl groups is 1. The molecule has 0 unspecified atom stereocenters. The van der Waals surface area contributed by atoms with E-state index in [9.17, 15) is 13.2 Å². The van der Waals surface area contributed by atoms with Crippen molar-refractivity contribution in [1.82, 2.24) is 5.32 Å². The van der Waals surface area contributed by atoms with Crippen molar-refractivity contribution in [2.75, 3.05) is 6.54 Å². The molecule has 1 aromatic carbocycles. The van der Waals surface area contributed by atoms with E-state index in [0.29, 0.717) is 18.7 Å². The second-order valence-corrected chi connectivity index (χ2v) is 3.13. The lowest BCUT2D eigenvalue weighted by atomic mass is 10.1. The Morgan fingerprint density at radius 2 is 2.00 bits per heavy atom. The summed E-state index contributed by atoms with van der Waals surface area (Å²) in [5.41, 5.74) is -0.486. The quantitative estimate of drug-likeness (QED) is 0.818. The second kappa shape index (κ2) is 4.53. The number of hydrogen-bond donors (Lipinski definition) is 2. The fourth-order valence-corrected chi connectivity index (χ4v) is 1.19. The van der Waals surface area contributed by atoms with Gasteiger partial charge in [0, 0.05) is 6.54 Å². The molecule has 1 aromatic rings. The van der Waals surface area contributed by atoms with Gasteiger partial charge in [-0.2, -0.15) is 13.2 Å². The summed E-state index contributed by atoms with van der Waals surface area (Å²) < 4.78 is 37.1. The maximum Gasteiger partial charge on any atom is 0.419 e. The first-order valence-corrected chi connectivity index (χ1v) is 4.55. The van der Waals surface area contributed by atoms with Crippen LogP contribution in [0.2, 0.25) is 0 Å². The van der Waals surface area contributed by atoms with Gasteiger partial charge < -0.3 is 10.4 Å². The first-order valence-electron chi connectivity index (χ1n) is 4.55.